The fourth-order valence-electron chi connectivity index (χ4n) is 3.47. The Morgan fingerprint density at radius 3 is 2.88 bits per heavy atom. The Labute approximate surface area is 153 Å². The lowest BCUT2D eigenvalue weighted by Crippen LogP contribution is -2.44. The number of benzene rings is 1. The van der Waals surface area contributed by atoms with Crippen LogP contribution in [0.15, 0.2) is 22.6 Å². The third-order valence-corrected chi connectivity index (χ3v) is 5.17. The van der Waals surface area contributed by atoms with E-state index in [1.54, 1.807) is 19.2 Å². The van der Waals surface area contributed by atoms with Crippen molar-refractivity contribution in [3.8, 4) is 17.2 Å². The third kappa shape index (κ3) is 4.07. The lowest BCUT2D eigenvalue weighted by molar-refractivity contribution is -0.0200. The highest BCUT2D eigenvalue weighted by Crippen LogP contribution is 2.30. The standard InChI is InChI=1S/C20H27FN2O3/c1-13-18(12-23-9-5-6-14(11-23)20(2,3)24)22-19(26-13)16-10-15(25-4)7-8-17(16)21/h7-8,10,14,24H,5-6,9,11-12H2,1-4H3/t14-/m0/s1. The molecule has 0 unspecified atom stereocenters. The zero-order chi connectivity index (χ0) is 18.9. The van der Waals surface area contributed by atoms with Crippen molar-refractivity contribution >= 4 is 0 Å². The molecule has 0 bridgehead atoms. The van der Waals surface area contributed by atoms with Gasteiger partial charge in [-0.2, -0.15) is 0 Å². The Morgan fingerprint density at radius 1 is 1.42 bits per heavy atom. The first-order valence-electron chi connectivity index (χ1n) is 9.03. The molecular formula is C20H27FN2O3. The van der Waals surface area contributed by atoms with E-state index < -0.39 is 11.4 Å². The number of hydrogen-bond donors (Lipinski definition) is 1. The van der Waals surface area contributed by atoms with E-state index in [9.17, 15) is 9.50 Å². The van der Waals surface area contributed by atoms with Crippen molar-refractivity contribution in [3.63, 3.8) is 0 Å². The van der Waals surface area contributed by atoms with Gasteiger partial charge in [0.15, 0.2) is 0 Å². The zero-order valence-corrected chi connectivity index (χ0v) is 15.9. The Bertz CT molecular complexity index is 767. The van der Waals surface area contributed by atoms with Crippen LogP contribution in [0, 0.1) is 18.7 Å². The number of halogens is 1. The summed E-state index contributed by atoms with van der Waals surface area (Å²) in [6, 6.07) is 4.52. The van der Waals surface area contributed by atoms with Crippen molar-refractivity contribution in [2.24, 2.45) is 5.92 Å². The molecular weight excluding hydrogens is 335 g/mol. The summed E-state index contributed by atoms with van der Waals surface area (Å²) in [6.07, 6.45) is 2.07. The monoisotopic (exact) mass is 362 g/mol. The average molecular weight is 362 g/mol. The van der Waals surface area contributed by atoms with Crippen molar-refractivity contribution in [3.05, 3.63) is 35.5 Å². The summed E-state index contributed by atoms with van der Waals surface area (Å²) in [5.74, 6) is 1.36. The van der Waals surface area contributed by atoms with E-state index in [1.807, 2.05) is 20.8 Å². The predicted molar refractivity (Wildman–Crippen MR) is 97.5 cm³/mol. The second kappa shape index (κ2) is 7.37. The van der Waals surface area contributed by atoms with Crippen molar-refractivity contribution in [2.75, 3.05) is 20.2 Å². The fourth-order valence-corrected chi connectivity index (χ4v) is 3.47. The predicted octanol–water partition coefficient (Wildman–Crippen LogP) is 3.78. The Hall–Kier alpha value is -1.92. The normalized spacial score (nSPS) is 18.9. The molecule has 1 aliphatic heterocycles. The molecule has 0 saturated carbocycles. The lowest BCUT2D eigenvalue weighted by Gasteiger charge is -2.38. The van der Waals surface area contributed by atoms with Crippen LogP contribution >= 0.6 is 0 Å². The number of aromatic nitrogens is 1. The van der Waals surface area contributed by atoms with E-state index in [1.165, 1.54) is 6.07 Å². The summed E-state index contributed by atoms with van der Waals surface area (Å²) in [4.78, 5) is 6.81. The van der Waals surface area contributed by atoms with E-state index in [2.05, 4.69) is 9.88 Å². The SMILES string of the molecule is COc1ccc(F)c(-c2nc(CN3CCC[C@H](C(C)(C)O)C3)c(C)o2)c1. The van der Waals surface area contributed by atoms with Crippen LogP contribution in [0.2, 0.25) is 0 Å². The smallest absolute Gasteiger partial charge is 0.229 e. The molecule has 26 heavy (non-hydrogen) atoms. The van der Waals surface area contributed by atoms with Gasteiger partial charge in [-0.25, -0.2) is 9.37 Å². The quantitative estimate of drug-likeness (QED) is 0.877. The maximum Gasteiger partial charge on any atom is 0.229 e. The molecule has 142 valence electrons. The molecule has 1 N–H and O–H groups in total. The van der Waals surface area contributed by atoms with Gasteiger partial charge in [0.25, 0.3) is 0 Å². The second-order valence-corrected chi connectivity index (χ2v) is 7.60. The summed E-state index contributed by atoms with van der Waals surface area (Å²) in [5.41, 5.74) is 0.414. The summed E-state index contributed by atoms with van der Waals surface area (Å²) in [7, 11) is 1.54. The van der Waals surface area contributed by atoms with Crippen molar-refractivity contribution in [1.82, 2.24) is 9.88 Å². The summed E-state index contributed by atoms with van der Waals surface area (Å²) in [5, 5.41) is 10.3. The topological polar surface area (TPSA) is 58.7 Å². The molecule has 0 amide bonds. The third-order valence-electron chi connectivity index (χ3n) is 5.17. The largest absolute Gasteiger partial charge is 0.497 e. The minimum atomic E-state index is -0.688. The second-order valence-electron chi connectivity index (χ2n) is 7.60. The van der Waals surface area contributed by atoms with Crippen LogP contribution < -0.4 is 4.74 Å². The first kappa shape index (κ1) is 18.9. The highest BCUT2D eigenvalue weighted by Gasteiger charge is 2.31. The van der Waals surface area contributed by atoms with Gasteiger partial charge in [0.2, 0.25) is 5.89 Å². The molecule has 5 nitrogen and oxygen atoms in total. The summed E-state index contributed by atoms with van der Waals surface area (Å²) in [6.45, 7) is 7.99. The van der Waals surface area contributed by atoms with Crippen LogP contribution in [0.3, 0.4) is 0 Å². The van der Waals surface area contributed by atoms with Gasteiger partial charge in [0.1, 0.15) is 17.3 Å². The van der Waals surface area contributed by atoms with Gasteiger partial charge in [0, 0.05) is 13.1 Å². The highest BCUT2D eigenvalue weighted by molar-refractivity contribution is 5.57. The van der Waals surface area contributed by atoms with Crippen LogP contribution in [-0.4, -0.2) is 40.8 Å². The molecule has 0 radical (unpaired) electrons. The molecule has 0 spiro atoms. The molecule has 2 heterocycles. The Kier molecular flexibility index (Phi) is 5.34. The molecule has 1 aliphatic rings. The zero-order valence-electron chi connectivity index (χ0n) is 15.9. The number of methoxy groups -OCH3 is 1. The summed E-state index contributed by atoms with van der Waals surface area (Å²) >= 11 is 0. The van der Waals surface area contributed by atoms with Gasteiger partial charge in [-0.15, -0.1) is 0 Å². The summed E-state index contributed by atoms with van der Waals surface area (Å²) < 4.78 is 25.1. The number of ether oxygens (including phenoxy) is 1. The van der Waals surface area contributed by atoms with Gasteiger partial charge >= 0.3 is 0 Å². The number of hydrogen-bond acceptors (Lipinski definition) is 5. The molecule has 1 fully saturated rings. The fraction of sp³-hybridized carbons (Fsp3) is 0.550. The number of piperidine rings is 1. The molecule has 1 saturated heterocycles. The van der Waals surface area contributed by atoms with Crippen LogP contribution in [0.1, 0.15) is 38.1 Å². The van der Waals surface area contributed by atoms with E-state index in [0.717, 1.165) is 31.6 Å². The van der Waals surface area contributed by atoms with E-state index >= 15 is 0 Å². The van der Waals surface area contributed by atoms with Crippen LogP contribution in [-0.2, 0) is 6.54 Å². The number of rotatable bonds is 5. The Balaban J connectivity index is 1.79. The van der Waals surface area contributed by atoms with Crippen molar-refractivity contribution in [2.45, 2.75) is 45.8 Å². The first-order chi connectivity index (χ1) is 12.3. The van der Waals surface area contributed by atoms with Gasteiger partial charge in [0.05, 0.1) is 24.0 Å². The number of likely N-dealkylation sites (tertiary alicyclic amines) is 1. The van der Waals surface area contributed by atoms with Crippen molar-refractivity contribution < 1.29 is 18.7 Å². The van der Waals surface area contributed by atoms with Crippen LogP contribution in [0.4, 0.5) is 4.39 Å². The van der Waals surface area contributed by atoms with Gasteiger partial charge in [-0.3, -0.25) is 4.90 Å². The molecule has 1 aromatic carbocycles. The van der Waals surface area contributed by atoms with Crippen LogP contribution in [0.25, 0.3) is 11.5 Å². The molecule has 0 aliphatic carbocycles. The maximum atomic E-state index is 14.2. The molecule has 1 atom stereocenters. The molecule has 1 aromatic heterocycles. The maximum absolute atomic E-state index is 14.2. The van der Waals surface area contributed by atoms with Gasteiger partial charge in [-0.05, 0) is 64.3 Å². The molecule has 6 heteroatoms. The number of aliphatic hydroxyl groups is 1. The van der Waals surface area contributed by atoms with E-state index in [4.69, 9.17) is 9.15 Å². The van der Waals surface area contributed by atoms with E-state index in [0.29, 0.717) is 23.6 Å². The number of aryl methyl sites for hydroxylation is 1. The van der Waals surface area contributed by atoms with E-state index in [-0.39, 0.29) is 11.8 Å². The lowest BCUT2D eigenvalue weighted by atomic mass is 9.84. The molecule has 3 rings (SSSR count). The van der Waals surface area contributed by atoms with Crippen LogP contribution in [0.5, 0.6) is 5.75 Å². The number of nitrogens with zero attached hydrogens (tertiary/aromatic N) is 2. The first-order valence-corrected chi connectivity index (χ1v) is 9.03. The average Bonchev–Trinajstić information content (AvgIpc) is 2.95. The number of oxazole rings is 1. The van der Waals surface area contributed by atoms with Gasteiger partial charge in [-0.1, -0.05) is 0 Å². The molecule has 2 aromatic rings. The minimum absolute atomic E-state index is 0.235. The minimum Gasteiger partial charge on any atom is -0.497 e. The van der Waals surface area contributed by atoms with Crippen molar-refractivity contribution in [1.29, 1.82) is 0 Å². The highest BCUT2D eigenvalue weighted by atomic mass is 19.1. The van der Waals surface area contributed by atoms with Gasteiger partial charge < -0.3 is 14.3 Å². The Morgan fingerprint density at radius 2 is 2.19 bits per heavy atom.